The Hall–Kier alpha value is -2.34. The smallest absolute Gasteiger partial charge is 0.242 e. The molecule has 2 aromatic rings. The highest BCUT2D eigenvalue weighted by atomic mass is 32.2. The number of hydrogen-bond acceptors (Lipinski definition) is 3. The second-order valence-corrected chi connectivity index (χ2v) is 7.92. The minimum atomic E-state index is -0.593. The molecule has 2 amide bonds. The zero-order chi connectivity index (χ0) is 20.5. The van der Waals surface area contributed by atoms with Crippen molar-refractivity contribution in [1.82, 2.24) is 10.2 Å². The molecule has 150 valence electrons. The first kappa shape index (κ1) is 22.0. The van der Waals surface area contributed by atoms with Crippen LogP contribution in [0, 0.1) is 5.82 Å². The van der Waals surface area contributed by atoms with Gasteiger partial charge in [-0.2, -0.15) is 0 Å². The normalized spacial score (nSPS) is 11.9. The lowest BCUT2D eigenvalue weighted by Crippen LogP contribution is -2.49. The molecule has 0 heterocycles. The molecule has 0 spiro atoms. The van der Waals surface area contributed by atoms with Crippen molar-refractivity contribution in [2.75, 3.05) is 5.75 Å². The molecule has 0 aliphatic rings. The Balaban J connectivity index is 2.05. The van der Waals surface area contributed by atoms with Gasteiger partial charge in [0, 0.05) is 18.3 Å². The van der Waals surface area contributed by atoms with Crippen LogP contribution < -0.4 is 5.32 Å². The summed E-state index contributed by atoms with van der Waals surface area (Å²) in [7, 11) is 0. The lowest BCUT2D eigenvalue weighted by Gasteiger charge is -2.29. The summed E-state index contributed by atoms with van der Waals surface area (Å²) in [5.41, 5.74) is 1.53. The Labute approximate surface area is 170 Å². The van der Waals surface area contributed by atoms with Gasteiger partial charge in [-0.1, -0.05) is 48.5 Å². The molecule has 0 aliphatic carbocycles. The van der Waals surface area contributed by atoms with Gasteiger partial charge in [-0.3, -0.25) is 9.59 Å². The van der Waals surface area contributed by atoms with Crippen molar-refractivity contribution in [3.8, 4) is 0 Å². The van der Waals surface area contributed by atoms with E-state index in [1.165, 1.54) is 17.8 Å². The molecule has 2 aromatic carbocycles. The van der Waals surface area contributed by atoms with E-state index in [9.17, 15) is 14.0 Å². The number of thioether (sulfide) groups is 1. The van der Waals surface area contributed by atoms with E-state index < -0.39 is 6.04 Å². The molecule has 6 heteroatoms. The molecule has 0 aliphatic heterocycles. The number of nitrogens with zero attached hydrogens (tertiary/aromatic N) is 1. The summed E-state index contributed by atoms with van der Waals surface area (Å²) in [4.78, 5) is 26.9. The molecule has 0 saturated carbocycles. The third kappa shape index (κ3) is 6.68. The van der Waals surface area contributed by atoms with Crippen LogP contribution in [0.1, 0.15) is 31.9 Å². The molecule has 0 fully saturated rings. The third-order valence-electron chi connectivity index (χ3n) is 4.23. The summed E-state index contributed by atoms with van der Waals surface area (Å²) in [5, 5.41) is 2.86. The predicted molar refractivity (Wildman–Crippen MR) is 112 cm³/mol. The lowest BCUT2D eigenvalue weighted by atomic mass is 10.1. The minimum absolute atomic E-state index is 0.000872. The van der Waals surface area contributed by atoms with Crippen LogP contribution in [0.25, 0.3) is 0 Å². The molecule has 1 atom stereocenters. The molecule has 0 aromatic heterocycles. The van der Waals surface area contributed by atoms with Gasteiger partial charge in [0.1, 0.15) is 11.9 Å². The van der Waals surface area contributed by atoms with Crippen molar-refractivity contribution >= 4 is 23.6 Å². The number of nitrogens with one attached hydrogen (secondary N) is 1. The monoisotopic (exact) mass is 402 g/mol. The molecule has 1 N–H and O–H groups in total. The van der Waals surface area contributed by atoms with Crippen LogP contribution in [0.5, 0.6) is 0 Å². The SMILES string of the molecule is CC(C)NC(=O)[C@H](C)N(Cc1ccccc1)C(=O)CSCc1ccccc1F. The van der Waals surface area contributed by atoms with Crippen LogP contribution in [0.2, 0.25) is 0 Å². The second-order valence-electron chi connectivity index (χ2n) is 6.93. The predicted octanol–water partition coefficient (Wildman–Crippen LogP) is 4.00. The van der Waals surface area contributed by atoms with Gasteiger partial charge < -0.3 is 10.2 Å². The molecule has 2 rings (SSSR count). The van der Waals surface area contributed by atoms with Gasteiger partial charge in [-0.15, -0.1) is 11.8 Å². The molecular weight excluding hydrogens is 375 g/mol. The molecule has 0 saturated heterocycles. The first-order valence-corrected chi connectivity index (χ1v) is 10.5. The first-order chi connectivity index (χ1) is 13.4. The topological polar surface area (TPSA) is 49.4 Å². The van der Waals surface area contributed by atoms with Crippen LogP contribution in [-0.2, 0) is 21.9 Å². The Morgan fingerprint density at radius 3 is 2.32 bits per heavy atom. The van der Waals surface area contributed by atoms with Gasteiger partial charge in [0.15, 0.2) is 0 Å². The second kappa shape index (κ2) is 10.9. The number of carbonyl (C=O) groups excluding carboxylic acids is 2. The highest BCUT2D eigenvalue weighted by Gasteiger charge is 2.26. The first-order valence-electron chi connectivity index (χ1n) is 9.33. The van der Waals surface area contributed by atoms with Crippen molar-refractivity contribution in [2.45, 2.75) is 45.2 Å². The number of halogens is 1. The summed E-state index contributed by atoms with van der Waals surface area (Å²) < 4.78 is 13.8. The standard InChI is InChI=1S/C22H27FN2O2S/c1-16(2)24-22(27)17(3)25(13-18-9-5-4-6-10-18)21(26)15-28-14-19-11-7-8-12-20(19)23/h4-12,16-17H,13-15H2,1-3H3,(H,24,27)/t17-/m0/s1. The number of benzene rings is 2. The Morgan fingerprint density at radius 2 is 1.68 bits per heavy atom. The summed E-state index contributed by atoms with van der Waals surface area (Å²) in [6.07, 6.45) is 0. The number of rotatable bonds is 9. The van der Waals surface area contributed by atoms with Crippen molar-refractivity contribution in [1.29, 1.82) is 0 Å². The fourth-order valence-corrected chi connectivity index (χ4v) is 3.61. The molecular formula is C22H27FN2O2S. The third-order valence-corrected chi connectivity index (χ3v) is 5.20. The quantitative estimate of drug-likeness (QED) is 0.690. The largest absolute Gasteiger partial charge is 0.352 e. The van der Waals surface area contributed by atoms with Crippen LogP contribution in [-0.4, -0.2) is 34.6 Å². The van der Waals surface area contributed by atoms with Crippen molar-refractivity contribution in [3.63, 3.8) is 0 Å². The molecule has 28 heavy (non-hydrogen) atoms. The van der Waals surface area contributed by atoms with E-state index in [2.05, 4.69) is 5.32 Å². The number of hydrogen-bond donors (Lipinski definition) is 1. The van der Waals surface area contributed by atoms with Crippen molar-refractivity contribution in [3.05, 3.63) is 71.5 Å². The summed E-state index contributed by atoms with van der Waals surface area (Å²) in [6.45, 7) is 5.86. The molecule has 0 bridgehead atoms. The maximum Gasteiger partial charge on any atom is 0.242 e. The van der Waals surface area contributed by atoms with Crippen LogP contribution in [0.15, 0.2) is 54.6 Å². The van der Waals surface area contributed by atoms with Crippen LogP contribution in [0.3, 0.4) is 0 Å². The Kier molecular flexibility index (Phi) is 8.51. The van der Waals surface area contributed by atoms with E-state index in [0.717, 1.165) is 5.56 Å². The fourth-order valence-electron chi connectivity index (χ4n) is 2.71. The van der Waals surface area contributed by atoms with Gasteiger partial charge in [0.05, 0.1) is 5.75 Å². The minimum Gasteiger partial charge on any atom is -0.352 e. The average Bonchev–Trinajstić information content (AvgIpc) is 2.67. The summed E-state index contributed by atoms with van der Waals surface area (Å²) >= 11 is 1.35. The van der Waals surface area contributed by atoms with E-state index in [1.54, 1.807) is 30.0 Å². The van der Waals surface area contributed by atoms with E-state index in [1.807, 2.05) is 44.2 Å². The highest BCUT2D eigenvalue weighted by molar-refractivity contribution is 7.99. The zero-order valence-corrected chi connectivity index (χ0v) is 17.3. The Morgan fingerprint density at radius 1 is 1.04 bits per heavy atom. The van der Waals surface area contributed by atoms with Gasteiger partial charge in [-0.05, 0) is 38.0 Å². The van der Waals surface area contributed by atoms with Crippen molar-refractivity contribution in [2.24, 2.45) is 0 Å². The summed E-state index contributed by atoms with van der Waals surface area (Å²) in [6, 6.07) is 15.5. The van der Waals surface area contributed by atoms with E-state index in [4.69, 9.17) is 0 Å². The van der Waals surface area contributed by atoms with Crippen LogP contribution in [0.4, 0.5) is 4.39 Å². The van der Waals surface area contributed by atoms with E-state index >= 15 is 0 Å². The maximum atomic E-state index is 13.8. The average molecular weight is 403 g/mol. The number of amides is 2. The van der Waals surface area contributed by atoms with E-state index in [-0.39, 0.29) is 29.4 Å². The molecule has 4 nitrogen and oxygen atoms in total. The maximum absolute atomic E-state index is 13.8. The molecule has 0 radical (unpaired) electrons. The van der Waals surface area contributed by atoms with Gasteiger partial charge in [-0.25, -0.2) is 4.39 Å². The lowest BCUT2D eigenvalue weighted by molar-refractivity contribution is -0.138. The van der Waals surface area contributed by atoms with Gasteiger partial charge in [0.2, 0.25) is 11.8 Å². The fraction of sp³-hybridized carbons (Fsp3) is 0.364. The highest BCUT2D eigenvalue weighted by Crippen LogP contribution is 2.17. The van der Waals surface area contributed by atoms with Crippen LogP contribution >= 0.6 is 11.8 Å². The van der Waals surface area contributed by atoms with Gasteiger partial charge in [0.25, 0.3) is 0 Å². The molecule has 0 unspecified atom stereocenters. The van der Waals surface area contributed by atoms with Crippen molar-refractivity contribution < 1.29 is 14.0 Å². The Bertz CT molecular complexity index is 783. The van der Waals surface area contributed by atoms with Gasteiger partial charge >= 0.3 is 0 Å². The number of carbonyl (C=O) groups is 2. The zero-order valence-electron chi connectivity index (χ0n) is 16.5. The van der Waals surface area contributed by atoms with E-state index in [0.29, 0.717) is 17.9 Å². The summed E-state index contributed by atoms with van der Waals surface area (Å²) in [5.74, 6) is -0.00629.